The van der Waals surface area contributed by atoms with Gasteiger partial charge in [0.1, 0.15) is 5.52 Å². The van der Waals surface area contributed by atoms with Gasteiger partial charge in [0.15, 0.2) is 5.65 Å². The molecule has 138 valence electrons. The smallest absolute Gasteiger partial charge is 0.354 e. The summed E-state index contributed by atoms with van der Waals surface area (Å²) in [6.07, 6.45) is -2.38. The van der Waals surface area contributed by atoms with Crippen LogP contribution in [0.25, 0.3) is 11.2 Å². The topological polar surface area (TPSA) is 102 Å². The van der Waals surface area contributed by atoms with Crippen LogP contribution in [0.3, 0.4) is 0 Å². The summed E-state index contributed by atoms with van der Waals surface area (Å²) < 4.78 is 40.7. The highest BCUT2D eigenvalue weighted by Crippen LogP contribution is 2.32. The van der Waals surface area contributed by atoms with E-state index >= 15 is 0 Å². The monoisotopic (exact) mass is 366 g/mol. The maximum absolute atomic E-state index is 13.2. The van der Waals surface area contributed by atoms with E-state index in [-0.39, 0.29) is 23.7 Å². The fourth-order valence-corrected chi connectivity index (χ4v) is 2.58. The first-order valence-electron chi connectivity index (χ1n) is 7.94. The van der Waals surface area contributed by atoms with Gasteiger partial charge < -0.3 is 16.0 Å². The Balaban J connectivity index is 1.99. The number of nitrogens with two attached hydrogens (primary N) is 1. The van der Waals surface area contributed by atoms with Gasteiger partial charge in [-0.05, 0) is 24.6 Å². The van der Waals surface area contributed by atoms with Crippen molar-refractivity contribution in [2.24, 2.45) is 5.73 Å². The molecule has 3 rings (SSSR count). The number of rotatable bonds is 6. The molecular formula is C16H17F3N6O. The summed E-state index contributed by atoms with van der Waals surface area (Å²) in [6.45, 7) is 0.791. The minimum absolute atomic E-state index is 0.0146. The van der Waals surface area contributed by atoms with Gasteiger partial charge in [0, 0.05) is 6.54 Å². The maximum Gasteiger partial charge on any atom is 0.416 e. The summed E-state index contributed by atoms with van der Waals surface area (Å²) in [5.74, 6) is 0.280. The normalized spacial score (nSPS) is 11.8. The van der Waals surface area contributed by atoms with E-state index < -0.39 is 17.4 Å². The van der Waals surface area contributed by atoms with Gasteiger partial charge in [-0.1, -0.05) is 18.2 Å². The third-order valence-electron chi connectivity index (χ3n) is 3.83. The first-order chi connectivity index (χ1) is 12.4. The van der Waals surface area contributed by atoms with Gasteiger partial charge in [-0.2, -0.15) is 18.2 Å². The molecule has 0 spiro atoms. The Morgan fingerprint density at radius 2 is 2.04 bits per heavy atom. The molecule has 0 aliphatic rings. The number of hydrogen-bond acceptors (Lipinski definition) is 5. The highest BCUT2D eigenvalue weighted by molar-refractivity contribution is 5.71. The Bertz CT molecular complexity index is 963. The molecule has 0 saturated carbocycles. The van der Waals surface area contributed by atoms with Crippen LogP contribution in [0.2, 0.25) is 0 Å². The van der Waals surface area contributed by atoms with Crippen molar-refractivity contribution in [2.45, 2.75) is 19.1 Å². The molecule has 0 aliphatic heterocycles. The van der Waals surface area contributed by atoms with Crippen LogP contribution in [0.15, 0.2) is 35.3 Å². The fourth-order valence-electron chi connectivity index (χ4n) is 2.58. The Labute approximate surface area is 146 Å². The van der Waals surface area contributed by atoms with Crippen molar-refractivity contribution in [3.05, 3.63) is 52.1 Å². The lowest BCUT2D eigenvalue weighted by molar-refractivity contribution is -0.138. The number of imidazole rings is 1. The molecule has 10 heteroatoms. The summed E-state index contributed by atoms with van der Waals surface area (Å²) in [5, 5.41) is 2.96. The largest absolute Gasteiger partial charge is 0.416 e. The predicted molar refractivity (Wildman–Crippen MR) is 90.9 cm³/mol. The van der Waals surface area contributed by atoms with Gasteiger partial charge in [0.05, 0.1) is 18.3 Å². The third-order valence-corrected chi connectivity index (χ3v) is 3.83. The van der Waals surface area contributed by atoms with Crippen LogP contribution in [0.5, 0.6) is 0 Å². The molecule has 0 aliphatic carbocycles. The second kappa shape index (κ2) is 7.16. The molecule has 0 atom stereocenters. The summed E-state index contributed by atoms with van der Waals surface area (Å²) in [5.41, 5.74) is 4.66. The van der Waals surface area contributed by atoms with Crippen molar-refractivity contribution in [3.63, 3.8) is 0 Å². The molecule has 0 unspecified atom stereocenters. The van der Waals surface area contributed by atoms with Gasteiger partial charge in [-0.15, -0.1) is 0 Å². The van der Waals surface area contributed by atoms with Crippen molar-refractivity contribution in [1.29, 1.82) is 0 Å². The predicted octanol–water partition coefficient (Wildman–Crippen LogP) is 1.95. The highest BCUT2D eigenvalue weighted by atomic mass is 19.4. The zero-order valence-corrected chi connectivity index (χ0v) is 13.7. The summed E-state index contributed by atoms with van der Waals surface area (Å²) in [7, 11) is 0. The first kappa shape index (κ1) is 17.9. The number of halogens is 3. The Kier molecular flexibility index (Phi) is 4.94. The van der Waals surface area contributed by atoms with Gasteiger partial charge in [-0.25, -0.2) is 9.78 Å². The van der Waals surface area contributed by atoms with Gasteiger partial charge in [-0.3, -0.25) is 4.57 Å². The number of aromatic amines is 1. The zero-order valence-electron chi connectivity index (χ0n) is 13.7. The number of benzene rings is 1. The second-order valence-electron chi connectivity index (χ2n) is 5.67. The van der Waals surface area contributed by atoms with Crippen LogP contribution in [-0.4, -0.2) is 32.6 Å². The van der Waals surface area contributed by atoms with Crippen LogP contribution in [-0.2, 0) is 12.7 Å². The number of nitrogens with zero attached hydrogens (tertiary/aromatic N) is 3. The van der Waals surface area contributed by atoms with Crippen LogP contribution in [0.1, 0.15) is 17.5 Å². The molecule has 2 aromatic heterocycles. The minimum atomic E-state index is -4.50. The molecule has 7 nitrogen and oxygen atoms in total. The summed E-state index contributed by atoms with van der Waals surface area (Å²) in [4.78, 5) is 23.1. The van der Waals surface area contributed by atoms with Gasteiger partial charge in [0.25, 0.3) is 0 Å². The van der Waals surface area contributed by atoms with Crippen molar-refractivity contribution < 1.29 is 13.2 Å². The van der Waals surface area contributed by atoms with E-state index in [1.54, 1.807) is 0 Å². The van der Waals surface area contributed by atoms with E-state index in [4.69, 9.17) is 5.73 Å². The van der Waals surface area contributed by atoms with Crippen LogP contribution >= 0.6 is 0 Å². The van der Waals surface area contributed by atoms with E-state index in [0.29, 0.717) is 25.0 Å². The first-order valence-corrected chi connectivity index (χ1v) is 7.94. The Hall–Kier alpha value is -2.88. The molecule has 2 heterocycles. The number of aromatic nitrogens is 4. The van der Waals surface area contributed by atoms with E-state index in [9.17, 15) is 18.0 Å². The van der Waals surface area contributed by atoms with Crippen LogP contribution in [0.4, 0.5) is 19.1 Å². The molecular weight excluding hydrogens is 349 g/mol. The van der Waals surface area contributed by atoms with Crippen molar-refractivity contribution in [2.75, 3.05) is 18.4 Å². The number of fused-ring (bicyclic) bond motifs is 1. The fraction of sp³-hybridized carbons (Fsp3) is 0.312. The number of alkyl halides is 3. The van der Waals surface area contributed by atoms with E-state index in [0.717, 1.165) is 10.6 Å². The highest BCUT2D eigenvalue weighted by Gasteiger charge is 2.33. The SMILES string of the molecule is NCCCNc1ncc2[nH]c(=O)n(Cc3ccccc3C(F)(F)F)c2n1. The number of H-pyrrole nitrogens is 1. The van der Waals surface area contributed by atoms with Crippen LogP contribution < -0.4 is 16.7 Å². The molecule has 0 bridgehead atoms. The van der Waals surface area contributed by atoms with Crippen molar-refractivity contribution >= 4 is 17.1 Å². The van der Waals surface area contributed by atoms with Crippen LogP contribution in [0, 0.1) is 0 Å². The molecule has 0 saturated heterocycles. The molecule has 0 amide bonds. The Morgan fingerprint density at radius 3 is 2.77 bits per heavy atom. The standard InChI is InChI=1S/C16H17F3N6O/c17-16(18,19)11-5-2-1-4-10(11)9-25-13-12(23-15(25)26)8-22-14(24-13)21-7-3-6-20/h1-2,4-5,8H,3,6-7,9,20H2,(H,23,26)(H,21,22,24). The van der Waals surface area contributed by atoms with Crippen molar-refractivity contribution in [3.8, 4) is 0 Å². The minimum Gasteiger partial charge on any atom is -0.354 e. The van der Waals surface area contributed by atoms with Crippen molar-refractivity contribution in [1.82, 2.24) is 19.5 Å². The average molecular weight is 366 g/mol. The quantitative estimate of drug-likeness (QED) is 0.579. The molecule has 1 aromatic carbocycles. The molecule has 0 radical (unpaired) electrons. The number of hydrogen-bond donors (Lipinski definition) is 3. The lowest BCUT2D eigenvalue weighted by atomic mass is 10.1. The average Bonchev–Trinajstić information content (AvgIpc) is 2.90. The molecule has 26 heavy (non-hydrogen) atoms. The lowest BCUT2D eigenvalue weighted by Crippen LogP contribution is -2.20. The zero-order chi connectivity index (χ0) is 18.7. The lowest BCUT2D eigenvalue weighted by Gasteiger charge is -2.13. The summed E-state index contributed by atoms with van der Waals surface area (Å²) >= 11 is 0. The molecule has 3 aromatic rings. The molecule has 4 N–H and O–H groups in total. The van der Waals surface area contributed by atoms with Gasteiger partial charge in [0.2, 0.25) is 5.95 Å². The van der Waals surface area contributed by atoms with E-state index in [1.807, 2.05) is 0 Å². The second-order valence-corrected chi connectivity index (χ2v) is 5.67. The maximum atomic E-state index is 13.2. The van der Waals surface area contributed by atoms with E-state index in [1.165, 1.54) is 24.4 Å². The third kappa shape index (κ3) is 3.69. The summed E-state index contributed by atoms with van der Waals surface area (Å²) in [6, 6.07) is 5.14. The Morgan fingerprint density at radius 1 is 1.27 bits per heavy atom. The van der Waals surface area contributed by atoms with E-state index in [2.05, 4.69) is 20.3 Å². The van der Waals surface area contributed by atoms with Gasteiger partial charge >= 0.3 is 11.9 Å². The number of nitrogens with one attached hydrogen (secondary N) is 2. The number of anilines is 1. The molecule has 0 fully saturated rings.